The molecule has 4 heteroatoms. The fraction of sp³-hybridized carbons (Fsp3) is 0.280. The Bertz CT molecular complexity index is 1070. The zero-order valence-corrected chi connectivity index (χ0v) is 16.9. The number of rotatable bonds is 6. The molecule has 29 heavy (non-hydrogen) atoms. The molecule has 0 amide bonds. The van der Waals surface area contributed by atoms with Gasteiger partial charge in [0, 0.05) is 11.1 Å². The van der Waals surface area contributed by atoms with Crippen molar-refractivity contribution in [2.45, 2.75) is 32.6 Å². The van der Waals surface area contributed by atoms with Gasteiger partial charge in [-0.2, -0.15) is 5.26 Å². The monoisotopic (exact) mass is 384 g/mol. The molecule has 1 aliphatic rings. The summed E-state index contributed by atoms with van der Waals surface area (Å²) in [5.41, 5.74) is 6.85. The maximum atomic E-state index is 10.00. The second kappa shape index (κ2) is 8.36. The predicted molar refractivity (Wildman–Crippen MR) is 114 cm³/mol. The first-order valence-electron chi connectivity index (χ1n) is 10.1. The van der Waals surface area contributed by atoms with Crippen LogP contribution in [0.2, 0.25) is 0 Å². The molecular weight excluding hydrogens is 360 g/mol. The van der Waals surface area contributed by atoms with Crippen LogP contribution in [0.1, 0.15) is 36.5 Å². The molecule has 0 fully saturated rings. The highest BCUT2D eigenvalue weighted by Crippen LogP contribution is 2.43. The molecule has 1 heterocycles. The van der Waals surface area contributed by atoms with Crippen molar-refractivity contribution >= 4 is 0 Å². The number of hydrogen-bond acceptors (Lipinski definition) is 4. The molecule has 0 saturated heterocycles. The number of benzene rings is 2. The van der Waals surface area contributed by atoms with E-state index in [-0.39, 0.29) is 0 Å². The van der Waals surface area contributed by atoms with Gasteiger partial charge < -0.3 is 9.47 Å². The van der Waals surface area contributed by atoms with Crippen LogP contribution in [-0.4, -0.2) is 18.7 Å². The van der Waals surface area contributed by atoms with Gasteiger partial charge in [-0.05, 0) is 54.2 Å². The largest absolute Gasteiger partial charge is 0.497 e. The molecule has 0 unspecified atom stereocenters. The average molecular weight is 384 g/mol. The number of nitriles is 1. The molecule has 0 radical (unpaired) electrons. The van der Waals surface area contributed by atoms with Gasteiger partial charge in [0.15, 0.2) is 0 Å². The standard InChI is InChI=1S/C25H24N2O2/c1-3-4-14-29-25-22(16-26)23(17-8-6-5-7-9-17)21-12-10-18-15-19(28-2)11-13-20(18)24(21)27-25/h5-9,11,13,15H,3-4,10,12,14H2,1-2H3. The summed E-state index contributed by atoms with van der Waals surface area (Å²) in [6.07, 6.45) is 3.68. The van der Waals surface area contributed by atoms with E-state index in [9.17, 15) is 5.26 Å². The van der Waals surface area contributed by atoms with Crippen LogP contribution in [-0.2, 0) is 12.8 Å². The second-order valence-electron chi connectivity index (χ2n) is 7.20. The Balaban J connectivity index is 1.95. The number of fused-ring (bicyclic) bond motifs is 3. The number of unbranched alkanes of at least 4 members (excludes halogenated alkanes) is 1. The van der Waals surface area contributed by atoms with Crippen molar-refractivity contribution in [1.29, 1.82) is 5.26 Å². The summed E-state index contributed by atoms with van der Waals surface area (Å²) in [6, 6.07) is 18.6. The molecule has 146 valence electrons. The number of nitrogens with zero attached hydrogens (tertiary/aromatic N) is 2. The molecule has 1 aliphatic carbocycles. The minimum atomic E-state index is 0.433. The Hall–Kier alpha value is -3.32. The molecule has 0 spiro atoms. The van der Waals surface area contributed by atoms with Crippen LogP contribution >= 0.6 is 0 Å². The Morgan fingerprint density at radius 1 is 1.10 bits per heavy atom. The lowest BCUT2D eigenvalue weighted by atomic mass is 9.83. The normalized spacial score (nSPS) is 11.9. The van der Waals surface area contributed by atoms with Crippen LogP contribution in [0.4, 0.5) is 0 Å². The van der Waals surface area contributed by atoms with E-state index in [0.29, 0.717) is 18.1 Å². The topological polar surface area (TPSA) is 55.1 Å². The smallest absolute Gasteiger partial charge is 0.232 e. The maximum Gasteiger partial charge on any atom is 0.232 e. The van der Waals surface area contributed by atoms with Gasteiger partial charge >= 0.3 is 0 Å². The average Bonchev–Trinajstić information content (AvgIpc) is 2.78. The zero-order valence-electron chi connectivity index (χ0n) is 16.9. The van der Waals surface area contributed by atoms with E-state index in [0.717, 1.165) is 59.4 Å². The van der Waals surface area contributed by atoms with Crippen molar-refractivity contribution in [3.05, 3.63) is 65.2 Å². The van der Waals surface area contributed by atoms with Crippen LogP contribution < -0.4 is 9.47 Å². The highest BCUT2D eigenvalue weighted by atomic mass is 16.5. The van der Waals surface area contributed by atoms with Crippen molar-refractivity contribution in [2.75, 3.05) is 13.7 Å². The van der Waals surface area contributed by atoms with Gasteiger partial charge in [-0.3, -0.25) is 0 Å². The maximum absolute atomic E-state index is 10.00. The van der Waals surface area contributed by atoms with Crippen LogP contribution in [0.3, 0.4) is 0 Å². The number of ether oxygens (including phenoxy) is 2. The summed E-state index contributed by atoms with van der Waals surface area (Å²) in [6.45, 7) is 2.68. The Kier molecular flexibility index (Phi) is 5.48. The number of aryl methyl sites for hydroxylation is 1. The molecule has 0 saturated carbocycles. The second-order valence-corrected chi connectivity index (χ2v) is 7.20. The van der Waals surface area contributed by atoms with Gasteiger partial charge in [-0.15, -0.1) is 0 Å². The molecule has 3 aromatic rings. The van der Waals surface area contributed by atoms with Crippen molar-refractivity contribution in [3.8, 4) is 40.1 Å². The van der Waals surface area contributed by atoms with Gasteiger partial charge in [0.05, 0.1) is 19.4 Å². The van der Waals surface area contributed by atoms with Crippen molar-refractivity contribution < 1.29 is 9.47 Å². The van der Waals surface area contributed by atoms with E-state index in [2.05, 4.69) is 37.3 Å². The number of aromatic nitrogens is 1. The number of pyridine rings is 1. The van der Waals surface area contributed by atoms with E-state index in [4.69, 9.17) is 14.5 Å². The van der Waals surface area contributed by atoms with Crippen LogP contribution in [0.5, 0.6) is 11.6 Å². The Morgan fingerprint density at radius 2 is 1.93 bits per heavy atom. The van der Waals surface area contributed by atoms with E-state index < -0.39 is 0 Å². The SMILES string of the molecule is CCCCOc1nc2c(c(-c3ccccc3)c1C#N)CCc1cc(OC)ccc1-2. The summed E-state index contributed by atoms with van der Waals surface area (Å²) in [5, 5.41) is 10.00. The molecule has 4 nitrogen and oxygen atoms in total. The van der Waals surface area contributed by atoms with Gasteiger partial charge in [-0.25, -0.2) is 4.98 Å². The number of hydrogen-bond donors (Lipinski definition) is 0. The molecule has 0 aliphatic heterocycles. The lowest BCUT2D eigenvalue weighted by Crippen LogP contribution is -2.12. The summed E-state index contributed by atoms with van der Waals surface area (Å²) in [5.74, 6) is 1.28. The van der Waals surface area contributed by atoms with Gasteiger partial charge in [-0.1, -0.05) is 43.7 Å². The van der Waals surface area contributed by atoms with E-state index in [1.165, 1.54) is 5.56 Å². The van der Waals surface area contributed by atoms with Gasteiger partial charge in [0.2, 0.25) is 5.88 Å². The summed E-state index contributed by atoms with van der Waals surface area (Å²) < 4.78 is 11.4. The lowest BCUT2D eigenvalue weighted by molar-refractivity contribution is 0.297. The first-order valence-corrected chi connectivity index (χ1v) is 10.1. The quantitative estimate of drug-likeness (QED) is 0.521. The minimum Gasteiger partial charge on any atom is -0.497 e. The number of methoxy groups -OCH3 is 1. The predicted octanol–water partition coefficient (Wildman–Crippen LogP) is 5.57. The molecule has 0 atom stereocenters. The molecule has 2 aromatic carbocycles. The summed E-state index contributed by atoms with van der Waals surface area (Å²) >= 11 is 0. The highest BCUT2D eigenvalue weighted by molar-refractivity contribution is 5.84. The van der Waals surface area contributed by atoms with Crippen molar-refractivity contribution in [2.24, 2.45) is 0 Å². The van der Waals surface area contributed by atoms with Crippen molar-refractivity contribution in [3.63, 3.8) is 0 Å². The summed E-state index contributed by atoms with van der Waals surface area (Å²) in [4.78, 5) is 4.85. The molecular formula is C25H24N2O2. The van der Waals surface area contributed by atoms with Gasteiger partial charge in [0.1, 0.15) is 17.4 Å². The van der Waals surface area contributed by atoms with Crippen LogP contribution in [0, 0.1) is 11.3 Å². The first-order chi connectivity index (χ1) is 14.3. The molecule has 0 N–H and O–H groups in total. The molecule has 0 bridgehead atoms. The Labute approximate surface area is 171 Å². The highest BCUT2D eigenvalue weighted by Gasteiger charge is 2.27. The Morgan fingerprint density at radius 3 is 2.66 bits per heavy atom. The zero-order chi connectivity index (χ0) is 20.2. The van der Waals surface area contributed by atoms with Crippen molar-refractivity contribution in [1.82, 2.24) is 4.98 Å². The fourth-order valence-electron chi connectivity index (χ4n) is 3.91. The van der Waals surface area contributed by atoms with E-state index in [1.807, 2.05) is 24.3 Å². The summed E-state index contributed by atoms with van der Waals surface area (Å²) in [7, 11) is 1.68. The third-order valence-corrected chi connectivity index (χ3v) is 5.39. The van der Waals surface area contributed by atoms with E-state index >= 15 is 0 Å². The third kappa shape index (κ3) is 3.56. The van der Waals surface area contributed by atoms with E-state index in [1.54, 1.807) is 7.11 Å². The first kappa shape index (κ1) is 19.0. The third-order valence-electron chi connectivity index (χ3n) is 5.39. The fourth-order valence-corrected chi connectivity index (χ4v) is 3.91. The van der Waals surface area contributed by atoms with Crippen LogP contribution in [0.25, 0.3) is 22.4 Å². The van der Waals surface area contributed by atoms with Gasteiger partial charge in [0.25, 0.3) is 0 Å². The lowest BCUT2D eigenvalue weighted by Gasteiger charge is -2.24. The van der Waals surface area contributed by atoms with Crippen LogP contribution in [0.15, 0.2) is 48.5 Å². The molecule has 4 rings (SSSR count). The minimum absolute atomic E-state index is 0.433. The molecule has 1 aromatic heterocycles.